The lowest BCUT2D eigenvalue weighted by atomic mass is 10.1. The summed E-state index contributed by atoms with van der Waals surface area (Å²) in [6.45, 7) is 5.12. The van der Waals surface area contributed by atoms with Gasteiger partial charge in [-0.25, -0.2) is 8.42 Å². The summed E-state index contributed by atoms with van der Waals surface area (Å²) in [6.07, 6.45) is 0.765. The molecule has 1 amide bonds. The van der Waals surface area contributed by atoms with Crippen LogP contribution in [-0.2, 0) is 9.84 Å². The minimum absolute atomic E-state index is 0.122. The number of thiophene rings is 1. The van der Waals surface area contributed by atoms with Crippen LogP contribution in [0.4, 0.5) is 0 Å². The fourth-order valence-corrected chi connectivity index (χ4v) is 7.05. The maximum absolute atomic E-state index is 13.0. The average molecular weight is 380 g/mol. The summed E-state index contributed by atoms with van der Waals surface area (Å²) < 4.78 is 24.5. The molecule has 0 bridgehead atoms. The first-order valence-corrected chi connectivity index (χ1v) is 11.4. The molecule has 2 saturated heterocycles. The third-order valence-electron chi connectivity index (χ3n) is 5.54. The van der Waals surface area contributed by atoms with Gasteiger partial charge in [-0.2, -0.15) is 0 Å². The van der Waals surface area contributed by atoms with Crippen molar-refractivity contribution in [2.75, 3.05) is 37.7 Å². The van der Waals surface area contributed by atoms with Gasteiger partial charge in [0.15, 0.2) is 9.84 Å². The zero-order valence-electron chi connectivity index (χ0n) is 14.3. The first-order valence-electron chi connectivity index (χ1n) is 8.77. The van der Waals surface area contributed by atoms with E-state index in [1.165, 1.54) is 4.90 Å². The lowest BCUT2D eigenvalue weighted by Crippen LogP contribution is -3.18. The number of benzene rings is 1. The van der Waals surface area contributed by atoms with E-state index in [0.717, 1.165) is 40.0 Å². The number of hydrogen-bond donors (Lipinski definition) is 1. The van der Waals surface area contributed by atoms with Gasteiger partial charge < -0.3 is 9.80 Å². The van der Waals surface area contributed by atoms with Gasteiger partial charge in [0.05, 0.1) is 36.8 Å². The van der Waals surface area contributed by atoms with Crippen molar-refractivity contribution in [3.05, 3.63) is 34.7 Å². The van der Waals surface area contributed by atoms with Crippen molar-refractivity contribution in [1.29, 1.82) is 0 Å². The van der Waals surface area contributed by atoms with Gasteiger partial charge in [-0.1, -0.05) is 18.2 Å². The molecule has 2 aliphatic rings. The summed E-state index contributed by atoms with van der Waals surface area (Å²) in [4.78, 5) is 17.1. The number of carbonyl (C=O) groups excluding carboxylic acids is 1. The quantitative estimate of drug-likeness (QED) is 0.837. The Morgan fingerprint density at radius 2 is 1.96 bits per heavy atom. The lowest BCUT2D eigenvalue weighted by molar-refractivity contribution is -0.925. The molecule has 7 heteroatoms. The number of nitrogens with one attached hydrogen (secondary N) is 1. The first-order chi connectivity index (χ1) is 11.9. The zero-order chi connectivity index (χ0) is 17.6. The molecule has 0 radical (unpaired) electrons. The van der Waals surface area contributed by atoms with E-state index < -0.39 is 9.84 Å². The van der Waals surface area contributed by atoms with Crippen LogP contribution in [0.2, 0.25) is 0 Å². The number of fused-ring (bicyclic) bond motifs is 1. The predicted octanol–water partition coefficient (Wildman–Crippen LogP) is 0.738. The highest BCUT2D eigenvalue weighted by Crippen LogP contribution is 2.31. The third kappa shape index (κ3) is 3.20. The van der Waals surface area contributed by atoms with Crippen LogP contribution in [0.3, 0.4) is 0 Å². The summed E-state index contributed by atoms with van der Waals surface area (Å²) in [5, 5.41) is 1.16. The molecule has 5 nitrogen and oxygen atoms in total. The topological polar surface area (TPSA) is 58.9 Å². The Labute approximate surface area is 152 Å². The van der Waals surface area contributed by atoms with Crippen LogP contribution in [0.15, 0.2) is 24.3 Å². The molecular formula is C18H23N2O3S2+. The molecule has 0 spiro atoms. The van der Waals surface area contributed by atoms with Crippen molar-refractivity contribution in [3.63, 3.8) is 0 Å². The number of nitrogens with zero attached hydrogens (tertiary/aromatic N) is 1. The van der Waals surface area contributed by atoms with Gasteiger partial charge in [-0.05, 0) is 23.9 Å². The van der Waals surface area contributed by atoms with Gasteiger partial charge in [0.2, 0.25) is 0 Å². The smallest absolute Gasteiger partial charge is 0.264 e. The summed E-state index contributed by atoms with van der Waals surface area (Å²) in [6, 6.07) is 8.36. The van der Waals surface area contributed by atoms with Crippen LogP contribution in [0.1, 0.15) is 21.7 Å². The van der Waals surface area contributed by atoms with Crippen molar-refractivity contribution in [2.45, 2.75) is 19.4 Å². The molecule has 3 heterocycles. The summed E-state index contributed by atoms with van der Waals surface area (Å²) in [5.41, 5.74) is 1.07. The van der Waals surface area contributed by atoms with E-state index in [1.807, 2.05) is 24.0 Å². The lowest BCUT2D eigenvalue weighted by Gasteiger charge is -2.34. The first kappa shape index (κ1) is 17.0. The molecule has 1 N–H and O–H groups in total. The van der Waals surface area contributed by atoms with Crippen LogP contribution >= 0.6 is 11.3 Å². The monoisotopic (exact) mass is 379 g/mol. The number of aryl methyl sites for hydroxylation is 1. The van der Waals surface area contributed by atoms with Crippen LogP contribution in [0.5, 0.6) is 0 Å². The van der Waals surface area contributed by atoms with E-state index in [9.17, 15) is 13.2 Å². The number of carbonyl (C=O) groups is 1. The molecule has 1 atom stereocenters. The van der Waals surface area contributed by atoms with Crippen LogP contribution < -0.4 is 4.90 Å². The van der Waals surface area contributed by atoms with Gasteiger partial charge in [0, 0.05) is 11.1 Å². The average Bonchev–Trinajstić information content (AvgIpc) is 3.15. The molecular weight excluding hydrogens is 356 g/mol. The second-order valence-electron chi connectivity index (χ2n) is 7.10. The highest BCUT2D eigenvalue weighted by Gasteiger charge is 2.37. The minimum Gasteiger partial charge on any atom is -0.329 e. The van der Waals surface area contributed by atoms with Crippen molar-refractivity contribution >= 4 is 37.2 Å². The molecule has 4 rings (SSSR count). The zero-order valence-corrected chi connectivity index (χ0v) is 16.0. The van der Waals surface area contributed by atoms with E-state index in [0.29, 0.717) is 24.6 Å². The van der Waals surface area contributed by atoms with Gasteiger partial charge >= 0.3 is 0 Å². The molecule has 25 heavy (non-hydrogen) atoms. The molecule has 1 aromatic carbocycles. The number of amides is 1. The van der Waals surface area contributed by atoms with Crippen molar-refractivity contribution in [2.24, 2.45) is 0 Å². The standard InChI is InChI=1S/C18H22N2O3S2/c1-13-15-4-2-3-5-16(15)24-17(13)18(21)20-9-7-19(8-10-20)14-6-11-25(22,23)12-14/h2-5,14H,6-12H2,1H3/p+1/t14-/m1/s1. The van der Waals surface area contributed by atoms with Gasteiger partial charge in [0.25, 0.3) is 5.91 Å². The Hall–Kier alpha value is -1.44. The van der Waals surface area contributed by atoms with Crippen molar-refractivity contribution in [1.82, 2.24) is 4.90 Å². The van der Waals surface area contributed by atoms with E-state index in [-0.39, 0.29) is 11.9 Å². The Morgan fingerprint density at radius 1 is 1.24 bits per heavy atom. The van der Waals surface area contributed by atoms with Crippen LogP contribution in [0.25, 0.3) is 10.1 Å². The Morgan fingerprint density at radius 3 is 2.60 bits per heavy atom. The number of hydrogen-bond acceptors (Lipinski definition) is 4. The second kappa shape index (κ2) is 6.37. The Kier molecular flexibility index (Phi) is 4.33. The largest absolute Gasteiger partial charge is 0.329 e. The van der Waals surface area contributed by atoms with Crippen molar-refractivity contribution < 1.29 is 18.1 Å². The maximum atomic E-state index is 13.0. The number of quaternary nitrogens is 1. The highest BCUT2D eigenvalue weighted by molar-refractivity contribution is 7.91. The predicted molar refractivity (Wildman–Crippen MR) is 100 cm³/mol. The molecule has 2 aliphatic heterocycles. The molecule has 1 aromatic heterocycles. The summed E-state index contributed by atoms with van der Waals surface area (Å²) >= 11 is 1.57. The van der Waals surface area contributed by atoms with E-state index in [2.05, 4.69) is 12.1 Å². The molecule has 2 aromatic rings. The maximum Gasteiger partial charge on any atom is 0.264 e. The van der Waals surface area contributed by atoms with Crippen LogP contribution in [-0.4, -0.2) is 63.0 Å². The van der Waals surface area contributed by atoms with Crippen molar-refractivity contribution in [3.8, 4) is 0 Å². The number of piperazine rings is 1. The number of sulfone groups is 1. The molecule has 0 unspecified atom stereocenters. The molecule has 0 aliphatic carbocycles. The summed E-state index contributed by atoms with van der Waals surface area (Å²) in [7, 11) is -2.84. The van der Waals surface area contributed by atoms with E-state index in [4.69, 9.17) is 0 Å². The van der Waals surface area contributed by atoms with Gasteiger partial charge in [-0.3, -0.25) is 4.79 Å². The number of rotatable bonds is 2. The molecule has 134 valence electrons. The highest BCUT2D eigenvalue weighted by atomic mass is 32.2. The van der Waals surface area contributed by atoms with E-state index in [1.54, 1.807) is 11.3 Å². The molecule has 2 fully saturated rings. The summed E-state index contributed by atoms with van der Waals surface area (Å²) in [5.74, 6) is 0.757. The van der Waals surface area contributed by atoms with Gasteiger partial charge in [-0.15, -0.1) is 11.3 Å². The van der Waals surface area contributed by atoms with Crippen LogP contribution in [0, 0.1) is 6.92 Å². The SMILES string of the molecule is Cc1c(C(=O)N2CC[NH+]([C@@H]3CCS(=O)(=O)C3)CC2)sc2ccccc12. The fraction of sp³-hybridized carbons (Fsp3) is 0.500. The third-order valence-corrected chi connectivity index (χ3v) is 8.57. The molecule has 0 saturated carbocycles. The Balaban J connectivity index is 1.45. The minimum atomic E-state index is -2.84. The van der Waals surface area contributed by atoms with Gasteiger partial charge in [0.1, 0.15) is 11.8 Å². The van der Waals surface area contributed by atoms with E-state index >= 15 is 0 Å². The normalized spacial score (nSPS) is 24.0. The second-order valence-corrected chi connectivity index (χ2v) is 10.4. The fourth-order valence-electron chi connectivity index (χ4n) is 4.04. The Bertz CT molecular complexity index is 912.